The highest BCUT2D eigenvalue weighted by atomic mass is 19.1. The number of halogens is 1. The van der Waals surface area contributed by atoms with Crippen molar-refractivity contribution in [2.24, 2.45) is 4.99 Å². The standard InChI is InChI=1S/C21H21FN6O2/c1-13(2)14-4-3-5-15(8-14)25-21(29)26-16-6-7-20(17(22)9-16)30-28-12-23-10-18-19(28)11-24-27-18/h3-13,24,27H,1-2H3,(H2,25,26,29). The maximum atomic E-state index is 14.5. The van der Waals surface area contributed by atoms with Gasteiger partial charge in [-0.3, -0.25) is 5.43 Å². The number of hydrazine groups is 1. The van der Waals surface area contributed by atoms with Gasteiger partial charge in [0, 0.05) is 23.6 Å². The van der Waals surface area contributed by atoms with Crippen LogP contribution in [0.5, 0.6) is 5.75 Å². The van der Waals surface area contributed by atoms with Crippen molar-refractivity contribution >= 4 is 23.7 Å². The summed E-state index contributed by atoms with van der Waals surface area (Å²) in [6.45, 7) is 4.16. The van der Waals surface area contributed by atoms with Gasteiger partial charge in [-0.2, -0.15) is 5.06 Å². The van der Waals surface area contributed by atoms with E-state index in [9.17, 15) is 9.18 Å². The summed E-state index contributed by atoms with van der Waals surface area (Å²) in [6.07, 6.45) is 4.71. The average Bonchev–Trinajstić information content (AvgIpc) is 3.20. The number of urea groups is 1. The number of hydrogen-bond donors (Lipinski definition) is 4. The molecule has 30 heavy (non-hydrogen) atoms. The Bertz CT molecular complexity index is 1060. The zero-order valence-electron chi connectivity index (χ0n) is 16.4. The van der Waals surface area contributed by atoms with E-state index in [1.54, 1.807) is 24.5 Å². The van der Waals surface area contributed by atoms with Crippen LogP contribution in [0.3, 0.4) is 0 Å². The molecule has 0 atom stereocenters. The van der Waals surface area contributed by atoms with Crippen molar-refractivity contribution in [1.29, 1.82) is 0 Å². The molecule has 9 heteroatoms. The molecule has 0 spiro atoms. The zero-order valence-corrected chi connectivity index (χ0v) is 16.4. The minimum absolute atomic E-state index is 0.00825. The van der Waals surface area contributed by atoms with Gasteiger partial charge >= 0.3 is 6.03 Å². The van der Waals surface area contributed by atoms with Crippen molar-refractivity contribution in [3.63, 3.8) is 0 Å². The molecule has 0 saturated carbocycles. The van der Waals surface area contributed by atoms with Gasteiger partial charge < -0.3 is 20.9 Å². The molecule has 0 aliphatic carbocycles. The van der Waals surface area contributed by atoms with Gasteiger partial charge in [0.15, 0.2) is 11.6 Å². The van der Waals surface area contributed by atoms with Gasteiger partial charge in [0.05, 0.1) is 6.20 Å². The van der Waals surface area contributed by atoms with E-state index in [-0.39, 0.29) is 5.75 Å². The average molecular weight is 408 g/mol. The minimum atomic E-state index is -0.626. The predicted octanol–water partition coefficient (Wildman–Crippen LogP) is 4.02. The molecule has 0 radical (unpaired) electrons. The molecule has 8 nitrogen and oxygen atoms in total. The van der Waals surface area contributed by atoms with Crippen LogP contribution in [0.1, 0.15) is 25.3 Å². The van der Waals surface area contributed by atoms with E-state index in [2.05, 4.69) is 40.3 Å². The molecule has 0 aromatic heterocycles. The molecule has 2 aromatic rings. The van der Waals surface area contributed by atoms with Crippen LogP contribution in [0.25, 0.3) is 0 Å². The van der Waals surface area contributed by atoms with Crippen LogP contribution in [0, 0.1) is 5.82 Å². The molecule has 154 valence electrons. The first-order chi connectivity index (χ1) is 14.5. The van der Waals surface area contributed by atoms with Crippen LogP contribution in [0.15, 0.2) is 71.3 Å². The van der Waals surface area contributed by atoms with E-state index < -0.39 is 11.8 Å². The summed E-state index contributed by atoms with van der Waals surface area (Å²) in [4.78, 5) is 21.9. The summed E-state index contributed by atoms with van der Waals surface area (Å²) < 4.78 is 14.5. The Balaban J connectivity index is 1.40. The fourth-order valence-electron chi connectivity index (χ4n) is 2.94. The normalized spacial score (nSPS) is 14.3. The molecule has 4 rings (SSSR count). The molecule has 0 unspecified atom stereocenters. The number of carbonyl (C=O) groups is 1. The van der Waals surface area contributed by atoms with E-state index in [4.69, 9.17) is 4.84 Å². The van der Waals surface area contributed by atoms with Crippen LogP contribution < -0.4 is 26.3 Å². The van der Waals surface area contributed by atoms with Gasteiger partial charge in [-0.05, 0) is 35.7 Å². The van der Waals surface area contributed by atoms with Crippen molar-refractivity contribution in [2.45, 2.75) is 19.8 Å². The number of amides is 2. The predicted molar refractivity (Wildman–Crippen MR) is 113 cm³/mol. The maximum absolute atomic E-state index is 14.5. The molecule has 0 fully saturated rings. The number of nitrogens with zero attached hydrogens (tertiary/aromatic N) is 2. The molecule has 0 bridgehead atoms. The Hall–Kier alpha value is -4.01. The zero-order chi connectivity index (χ0) is 21.1. The topological polar surface area (TPSA) is 90.0 Å². The van der Waals surface area contributed by atoms with Gasteiger partial charge in [-0.1, -0.05) is 26.0 Å². The third-order valence-corrected chi connectivity index (χ3v) is 4.50. The molecular formula is C21H21FN6O2. The van der Waals surface area contributed by atoms with Crippen LogP contribution in [-0.2, 0) is 0 Å². The minimum Gasteiger partial charge on any atom is -0.371 e. The molecule has 2 aliphatic rings. The van der Waals surface area contributed by atoms with Crippen LogP contribution in [0.2, 0.25) is 0 Å². The number of hydrogen-bond acceptors (Lipinski definition) is 6. The van der Waals surface area contributed by atoms with Crippen molar-refractivity contribution in [1.82, 2.24) is 15.9 Å². The van der Waals surface area contributed by atoms with Crippen LogP contribution in [-0.4, -0.2) is 17.4 Å². The second-order valence-corrected chi connectivity index (χ2v) is 7.03. The van der Waals surface area contributed by atoms with E-state index in [1.807, 2.05) is 18.2 Å². The first-order valence-corrected chi connectivity index (χ1v) is 9.40. The number of benzene rings is 2. The molecule has 2 heterocycles. The summed E-state index contributed by atoms with van der Waals surface area (Å²) in [7, 11) is 0. The SMILES string of the molecule is CC(C)c1cccc(NC(=O)Nc2ccc(ON3C=NC=C4NNC=C43)c(F)c2)c1. The summed E-state index contributed by atoms with van der Waals surface area (Å²) in [6, 6.07) is 11.3. The number of carbonyl (C=O) groups excluding carboxylic acids is 1. The lowest BCUT2D eigenvalue weighted by Crippen LogP contribution is -2.30. The smallest absolute Gasteiger partial charge is 0.323 e. The Kier molecular flexibility index (Phi) is 5.25. The van der Waals surface area contributed by atoms with Gasteiger partial charge in [0.1, 0.15) is 17.7 Å². The molecule has 2 aliphatic heterocycles. The summed E-state index contributed by atoms with van der Waals surface area (Å²) in [5, 5.41) is 6.71. The number of anilines is 2. The van der Waals surface area contributed by atoms with Crippen LogP contribution in [0.4, 0.5) is 20.6 Å². The van der Waals surface area contributed by atoms with Crippen molar-refractivity contribution < 1.29 is 14.0 Å². The lowest BCUT2D eigenvalue weighted by molar-refractivity contribution is 0.0591. The van der Waals surface area contributed by atoms with Gasteiger partial charge in [-0.25, -0.2) is 14.2 Å². The highest BCUT2D eigenvalue weighted by Gasteiger charge is 2.22. The van der Waals surface area contributed by atoms with Crippen molar-refractivity contribution in [3.05, 3.63) is 77.6 Å². The summed E-state index contributed by atoms with van der Waals surface area (Å²) >= 11 is 0. The van der Waals surface area contributed by atoms with Gasteiger partial charge in [0.25, 0.3) is 0 Å². The first kappa shape index (κ1) is 19.3. The fraction of sp³-hybridized carbons (Fsp3) is 0.143. The lowest BCUT2D eigenvalue weighted by Gasteiger charge is -2.23. The molecule has 2 amide bonds. The third kappa shape index (κ3) is 4.19. The Labute approximate surface area is 173 Å². The summed E-state index contributed by atoms with van der Waals surface area (Å²) in [5.41, 5.74) is 9.15. The number of nitrogens with one attached hydrogen (secondary N) is 4. The first-order valence-electron chi connectivity index (χ1n) is 9.40. The third-order valence-electron chi connectivity index (χ3n) is 4.50. The summed E-state index contributed by atoms with van der Waals surface area (Å²) in [5.74, 6) is -0.288. The highest BCUT2D eigenvalue weighted by Crippen LogP contribution is 2.26. The highest BCUT2D eigenvalue weighted by molar-refractivity contribution is 5.99. The van der Waals surface area contributed by atoms with E-state index in [0.29, 0.717) is 28.7 Å². The number of fused-ring (bicyclic) bond motifs is 1. The molecular weight excluding hydrogens is 387 g/mol. The second kappa shape index (κ2) is 8.16. The Morgan fingerprint density at radius 3 is 2.73 bits per heavy atom. The second-order valence-electron chi connectivity index (χ2n) is 7.03. The number of rotatable bonds is 5. The van der Waals surface area contributed by atoms with E-state index in [0.717, 1.165) is 5.56 Å². The molecule has 4 N–H and O–H groups in total. The van der Waals surface area contributed by atoms with Gasteiger partial charge in [0.2, 0.25) is 0 Å². The number of aliphatic imine (C=N–C) groups is 1. The van der Waals surface area contributed by atoms with Gasteiger partial charge in [-0.15, -0.1) is 0 Å². The Morgan fingerprint density at radius 1 is 1.17 bits per heavy atom. The van der Waals surface area contributed by atoms with Crippen molar-refractivity contribution in [3.8, 4) is 5.75 Å². The van der Waals surface area contributed by atoms with Crippen LogP contribution >= 0.6 is 0 Å². The molecule has 2 aromatic carbocycles. The maximum Gasteiger partial charge on any atom is 0.323 e. The van der Waals surface area contributed by atoms with E-state index in [1.165, 1.54) is 23.5 Å². The fourth-order valence-corrected chi connectivity index (χ4v) is 2.94. The Morgan fingerprint density at radius 2 is 1.97 bits per heavy atom. The largest absolute Gasteiger partial charge is 0.371 e. The van der Waals surface area contributed by atoms with Crippen molar-refractivity contribution in [2.75, 3.05) is 10.6 Å². The van der Waals surface area contributed by atoms with E-state index >= 15 is 0 Å². The number of hydroxylamine groups is 2. The monoisotopic (exact) mass is 408 g/mol. The lowest BCUT2D eigenvalue weighted by atomic mass is 10.0. The quantitative estimate of drug-likeness (QED) is 0.600. The molecule has 0 saturated heterocycles.